The van der Waals surface area contributed by atoms with E-state index in [0.717, 1.165) is 0 Å². The van der Waals surface area contributed by atoms with Gasteiger partial charge in [-0.2, -0.15) is 0 Å². The van der Waals surface area contributed by atoms with Crippen LogP contribution in [-0.2, 0) is 3.74 Å². The van der Waals surface area contributed by atoms with Crippen LogP contribution in [0.15, 0.2) is 12.1 Å². The number of hydrogen-bond acceptors (Lipinski definition) is 1. The van der Waals surface area contributed by atoms with Gasteiger partial charge in [-0.25, -0.2) is 0 Å². The van der Waals surface area contributed by atoms with Crippen molar-refractivity contribution >= 4 is 20.0 Å². The molecule has 5 heteroatoms. The standard InChI is InChI=1S/C6H2AsF3O/c8-3-1-4(7-11)6(10)5(9)2-3/h1-2H/i2D. The van der Waals surface area contributed by atoms with Gasteiger partial charge in [0.25, 0.3) is 0 Å². The Morgan fingerprint density at radius 1 is 1.45 bits per heavy atom. The van der Waals surface area contributed by atoms with Gasteiger partial charge in [0.2, 0.25) is 0 Å². The SMILES string of the molecule is [2H]c1c(F)cc([As]=O)c(F)c1F. The quantitative estimate of drug-likeness (QED) is 0.507. The third-order valence-corrected chi connectivity index (χ3v) is 2.10. The molecule has 0 spiro atoms. The number of rotatable bonds is 1. The topological polar surface area (TPSA) is 17.1 Å². The zero-order valence-corrected chi connectivity index (χ0v) is 6.94. The van der Waals surface area contributed by atoms with Crippen LogP contribution < -0.4 is 4.35 Å². The normalized spacial score (nSPS) is 11.7. The molecule has 0 unspecified atom stereocenters. The molecule has 0 aliphatic heterocycles. The zero-order chi connectivity index (χ0) is 9.30. The first kappa shape index (κ1) is 7.04. The Bertz CT molecular complexity index is 342. The van der Waals surface area contributed by atoms with Gasteiger partial charge in [-0.1, -0.05) is 0 Å². The Balaban J connectivity index is 3.49. The molecule has 1 rings (SSSR count). The summed E-state index contributed by atoms with van der Waals surface area (Å²) in [6.07, 6.45) is 0. The number of halogens is 3. The van der Waals surface area contributed by atoms with E-state index in [1.165, 1.54) is 0 Å². The van der Waals surface area contributed by atoms with Crippen LogP contribution in [0.1, 0.15) is 1.37 Å². The third kappa shape index (κ3) is 1.69. The number of benzene rings is 1. The van der Waals surface area contributed by atoms with Gasteiger partial charge in [0.05, 0.1) is 0 Å². The summed E-state index contributed by atoms with van der Waals surface area (Å²) >= 11 is -1.81. The monoisotopic (exact) mass is 223 g/mol. The molecule has 0 aliphatic carbocycles. The van der Waals surface area contributed by atoms with Crippen LogP contribution >= 0.6 is 0 Å². The van der Waals surface area contributed by atoms with Gasteiger partial charge in [-0.05, 0) is 0 Å². The van der Waals surface area contributed by atoms with Gasteiger partial charge >= 0.3 is 67.9 Å². The average Bonchev–Trinajstić information content (AvgIpc) is 2.08. The van der Waals surface area contributed by atoms with Crippen molar-refractivity contribution in [1.82, 2.24) is 0 Å². The van der Waals surface area contributed by atoms with E-state index in [1.807, 2.05) is 0 Å². The van der Waals surface area contributed by atoms with Gasteiger partial charge in [-0.3, -0.25) is 0 Å². The first-order chi connectivity index (χ1) is 5.57. The van der Waals surface area contributed by atoms with E-state index >= 15 is 0 Å². The molecule has 58 valence electrons. The van der Waals surface area contributed by atoms with E-state index in [-0.39, 0.29) is 0 Å². The van der Waals surface area contributed by atoms with Crippen LogP contribution in [0.4, 0.5) is 13.2 Å². The van der Waals surface area contributed by atoms with Crippen molar-refractivity contribution in [2.24, 2.45) is 0 Å². The minimum atomic E-state index is -1.81. The van der Waals surface area contributed by atoms with E-state index in [9.17, 15) is 16.9 Å². The van der Waals surface area contributed by atoms with Gasteiger partial charge in [0.15, 0.2) is 0 Å². The zero-order valence-electron chi connectivity index (χ0n) is 6.07. The van der Waals surface area contributed by atoms with E-state index in [0.29, 0.717) is 6.07 Å². The average molecular weight is 223 g/mol. The molecule has 0 saturated carbocycles. The molecule has 0 N–H and O–H groups in total. The van der Waals surface area contributed by atoms with E-state index in [2.05, 4.69) is 0 Å². The van der Waals surface area contributed by atoms with Crippen LogP contribution in [0, 0.1) is 17.5 Å². The molecule has 0 heterocycles. The first-order valence-corrected chi connectivity index (χ1v) is 4.25. The molecule has 0 aromatic heterocycles. The van der Waals surface area contributed by atoms with Gasteiger partial charge in [-0.15, -0.1) is 0 Å². The molecule has 0 radical (unpaired) electrons. The summed E-state index contributed by atoms with van der Waals surface area (Å²) in [7, 11) is 0. The Hall–Kier alpha value is -0.632. The van der Waals surface area contributed by atoms with Crippen molar-refractivity contribution in [3.8, 4) is 0 Å². The fourth-order valence-corrected chi connectivity index (χ4v) is 1.28. The Morgan fingerprint density at radius 2 is 2.09 bits per heavy atom. The molecule has 0 fully saturated rings. The second kappa shape index (κ2) is 3.18. The Kier molecular flexibility index (Phi) is 2.03. The van der Waals surface area contributed by atoms with E-state index in [4.69, 9.17) is 1.37 Å². The molecule has 0 saturated heterocycles. The number of hydrogen-bond donors (Lipinski definition) is 0. The van der Waals surface area contributed by atoms with Crippen molar-refractivity contribution < 1.29 is 18.3 Å². The van der Waals surface area contributed by atoms with Crippen LogP contribution in [0.2, 0.25) is 0 Å². The molecule has 0 bridgehead atoms. The molecular formula is C6H2AsF3O. The molecule has 1 aromatic rings. The third-order valence-electron chi connectivity index (χ3n) is 1.01. The van der Waals surface area contributed by atoms with E-state index < -0.39 is 43.5 Å². The fraction of sp³-hybridized carbons (Fsp3) is 0. The molecule has 1 aromatic carbocycles. The molecule has 11 heavy (non-hydrogen) atoms. The van der Waals surface area contributed by atoms with Crippen LogP contribution in [-0.4, -0.2) is 15.7 Å². The van der Waals surface area contributed by atoms with Crippen molar-refractivity contribution in [3.63, 3.8) is 0 Å². The van der Waals surface area contributed by atoms with Crippen molar-refractivity contribution in [1.29, 1.82) is 0 Å². The molecular weight excluding hydrogens is 220 g/mol. The van der Waals surface area contributed by atoms with Crippen molar-refractivity contribution in [3.05, 3.63) is 29.6 Å². The molecule has 0 atom stereocenters. The van der Waals surface area contributed by atoms with Gasteiger partial charge in [0.1, 0.15) is 0 Å². The second-order valence-corrected chi connectivity index (χ2v) is 3.12. The van der Waals surface area contributed by atoms with Crippen LogP contribution in [0.25, 0.3) is 0 Å². The predicted molar refractivity (Wildman–Crippen MR) is 32.4 cm³/mol. The summed E-state index contributed by atoms with van der Waals surface area (Å²) in [4.78, 5) is 0. The summed E-state index contributed by atoms with van der Waals surface area (Å²) in [6, 6.07) is -0.556. The summed E-state index contributed by atoms with van der Waals surface area (Å²) < 4.78 is 54.0. The molecule has 0 amide bonds. The maximum absolute atomic E-state index is 12.6. The van der Waals surface area contributed by atoms with Crippen molar-refractivity contribution in [2.75, 3.05) is 0 Å². The minimum absolute atomic E-state index is 0.503. The Morgan fingerprint density at radius 3 is 2.64 bits per heavy atom. The van der Waals surface area contributed by atoms with E-state index in [1.54, 1.807) is 0 Å². The van der Waals surface area contributed by atoms with Crippen molar-refractivity contribution in [2.45, 2.75) is 0 Å². The first-order valence-electron chi connectivity index (χ1n) is 3.05. The van der Waals surface area contributed by atoms with Crippen LogP contribution in [0.5, 0.6) is 0 Å². The summed E-state index contributed by atoms with van der Waals surface area (Å²) in [5.41, 5.74) is 0. The van der Waals surface area contributed by atoms with Gasteiger partial charge < -0.3 is 0 Å². The Labute approximate surface area is 68.5 Å². The summed E-state index contributed by atoms with van der Waals surface area (Å²) in [5, 5.41) is 0. The molecule has 0 aliphatic rings. The second-order valence-electron chi connectivity index (χ2n) is 1.72. The van der Waals surface area contributed by atoms with Gasteiger partial charge in [0, 0.05) is 0 Å². The summed E-state index contributed by atoms with van der Waals surface area (Å²) in [6.45, 7) is 0. The predicted octanol–water partition coefficient (Wildman–Crippen LogP) is 0.779. The van der Waals surface area contributed by atoms with Crippen LogP contribution in [0.3, 0.4) is 0 Å². The maximum atomic E-state index is 12.6. The molecule has 1 nitrogen and oxygen atoms in total. The fourth-order valence-electron chi connectivity index (χ4n) is 0.558. The summed E-state index contributed by atoms with van der Waals surface area (Å²) in [5.74, 6) is -4.18.